The van der Waals surface area contributed by atoms with Gasteiger partial charge in [-0.3, -0.25) is 0 Å². The number of rotatable bonds is 2. The van der Waals surface area contributed by atoms with Crippen molar-refractivity contribution >= 4 is 27.6 Å². The van der Waals surface area contributed by atoms with Crippen molar-refractivity contribution < 1.29 is 5.21 Å². The maximum absolute atomic E-state index is 8.59. The van der Waals surface area contributed by atoms with Crippen LogP contribution in [0, 0.1) is 0 Å². The third kappa shape index (κ3) is 2.14. The predicted molar refractivity (Wildman–Crippen MR) is 58.8 cm³/mol. The number of hydrogen-bond donors (Lipinski definition) is 2. The number of nitrogens with zero attached hydrogens (tertiary/aromatic N) is 3. The van der Waals surface area contributed by atoms with E-state index in [1.54, 1.807) is 17.2 Å². The summed E-state index contributed by atoms with van der Waals surface area (Å²) < 4.78 is 0.782. The number of halogens is 1. The average molecular weight is 259 g/mol. The van der Waals surface area contributed by atoms with Crippen molar-refractivity contribution in [1.29, 1.82) is 0 Å². The van der Waals surface area contributed by atoms with E-state index < -0.39 is 0 Å². The Balaban J connectivity index is 3.30. The first-order valence-electron chi connectivity index (χ1n) is 3.87. The fourth-order valence-electron chi connectivity index (χ4n) is 1.03. The fraction of sp³-hybridized carbons (Fsp3) is 0.250. The minimum atomic E-state index is 0.0440. The number of oxime groups is 1. The Labute approximate surface area is 90.4 Å². The summed E-state index contributed by atoms with van der Waals surface area (Å²) in [5, 5.41) is 11.5. The first kappa shape index (κ1) is 10.8. The van der Waals surface area contributed by atoms with Gasteiger partial charge in [0, 0.05) is 24.8 Å². The Morgan fingerprint density at radius 3 is 2.79 bits per heavy atom. The van der Waals surface area contributed by atoms with Crippen LogP contribution in [0.2, 0.25) is 0 Å². The highest BCUT2D eigenvalue weighted by molar-refractivity contribution is 9.10. The van der Waals surface area contributed by atoms with Crippen molar-refractivity contribution in [3.05, 3.63) is 22.3 Å². The molecule has 5 nitrogen and oxygen atoms in total. The monoisotopic (exact) mass is 258 g/mol. The van der Waals surface area contributed by atoms with Gasteiger partial charge in [-0.05, 0) is 22.0 Å². The summed E-state index contributed by atoms with van der Waals surface area (Å²) in [5.41, 5.74) is 6.10. The van der Waals surface area contributed by atoms with E-state index in [1.807, 2.05) is 14.1 Å². The van der Waals surface area contributed by atoms with Gasteiger partial charge in [0.15, 0.2) is 5.84 Å². The van der Waals surface area contributed by atoms with Gasteiger partial charge in [-0.1, -0.05) is 5.16 Å². The smallest absolute Gasteiger partial charge is 0.173 e. The van der Waals surface area contributed by atoms with E-state index in [4.69, 9.17) is 10.9 Å². The summed E-state index contributed by atoms with van der Waals surface area (Å²) in [6.45, 7) is 0. The van der Waals surface area contributed by atoms with Crippen molar-refractivity contribution in [1.82, 2.24) is 4.98 Å². The average Bonchev–Trinajstić information content (AvgIpc) is 2.16. The molecule has 0 amide bonds. The number of anilines is 1. The molecule has 0 atom stereocenters. The van der Waals surface area contributed by atoms with Gasteiger partial charge in [0.1, 0.15) is 5.82 Å². The Kier molecular flexibility index (Phi) is 3.29. The molecule has 0 spiro atoms. The van der Waals surface area contributed by atoms with E-state index >= 15 is 0 Å². The van der Waals surface area contributed by atoms with Gasteiger partial charge in [0.05, 0.1) is 5.56 Å². The molecule has 76 valence electrons. The van der Waals surface area contributed by atoms with E-state index in [0.717, 1.165) is 4.47 Å². The van der Waals surface area contributed by atoms with Crippen LogP contribution in [0.3, 0.4) is 0 Å². The summed E-state index contributed by atoms with van der Waals surface area (Å²) in [6, 6.07) is 1.75. The van der Waals surface area contributed by atoms with Gasteiger partial charge >= 0.3 is 0 Å². The van der Waals surface area contributed by atoms with Crippen molar-refractivity contribution in [2.75, 3.05) is 19.0 Å². The molecular formula is C8H11BrN4O. The van der Waals surface area contributed by atoms with Crippen molar-refractivity contribution in [3.63, 3.8) is 0 Å². The van der Waals surface area contributed by atoms with Gasteiger partial charge in [0.2, 0.25) is 0 Å². The third-order valence-electron chi connectivity index (χ3n) is 1.64. The van der Waals surface area contributed by atoms with Crippen LogP contribution in [-0.4, -0.2) is 30.1 Å². The third-order valence-corrected chi connectivity index (χ3v) is 2.07. The van der Waals surface area contributed by atoms with Gasteiger partial charge in [0.25, 0.3) is 0 Å². The standard InChI is InChI=1S/C8H11BrN4O/c1-13(2)8-6(7(10)12-14)3-5(9)4-11-8/h3-4,14H,1-2H3,(H2,10,12). The van der Waals surface area contributed by atoms with E-state index in [9.17, 15) is 0 Å². The van der Waals surface area contributed by atoms with Gasteiger partial charge < -0.3 is 15.8 Å². The summed E-state index contributed by atoms with van der Waals surface area (Å²) >= 11 is 3.27. The van der Waals surface area contributed by atoms with Crippen molar-refractivity contribution in [2.45, 2.75) is 0 Å². The summed E-state index contributed by atoms with van der Waals surface area (Å²) in [6.07, 6.45) is 1.66. The second kappa shape index (κ2) is 4.28. The second-order valence-electron chi connectivity index (χ2n) is 2.90. The molecule has 1 aromatic rings. The van der Waals surface area contributed by atoms with Gasteiger partial charge in [-0.15, -0.1) is 0 Å². The predicted octanol–water partition coefficient (Wildman–Crippen LogP) is 1.00. The van der Waals surface area contributed by atoms with Crippen molar-refractivity contribution in [3.8, 4) is 0 Å². The number of amidine groups is 1. The lowest BCUT2D eigenvalue weighted by Crippen LogP contribution is -2.20. The minimum absolute atomic E-state index is 0.0440. The molecule has 0 fully saturated rings. The van der Waals surface area contributed by atoms with E-state index in [-0.39, 0.29) is 5.84 Å². The van der Waals surface area contributed by atoms with Crippen LogP contribution in [0.25, 0.3) is 0 Å². The maximum atomic E-state index is 8.59. The highest BCUT2D eigenvalue weighted by atomic mass is 79.9. The van der Waals surface area contributed by atoms with Crippen LogP contribution < -0.4 is 10.6 Å². The molecule has 1 heterocycles. The molecule has 0 bridgehead atoms. The quantitative estimate of drug-likeness (QED) is 0.359. The Morgan fingerprint density at radius 2 is 2.29 bits per heavy atom. The molecule has 0 aliphatic rings. The fourth-order valence-corrected chi connectivity index (χ4v) is 1.36. The summed E-state index contributed by atoms with van der Waals surface area (Å²) in [5.74, 6) is 0.700. The largest absolute Gasteiger partial charge is 0.409 e. The molecule has 0 aromatic carbocycles. The zero-order chi connectivity index (χ0) is 10.7. The normalized spacial score (nSPS) is 11.5. The Hall–Kier alpha value is -1.30. The molecule has 6 heteroatoms. The number of nitrogens with two attached hydrogens (primary N) is 1. The molecule has 0 unspecified atom stereocenters. The first-order chi connectivity index (χ1) is 6.56. The van der Waals surface area contributed by atoms with Crippen LogP contribution in [0.15, 0.2) is 21.9 Å². The number of aromatic nitrogens is 1. The molecular weight excluding hydrogens is 248 g/mol. The van der Waals surface area contributed by atoms with E-state index in [1.165, 1.54) is 0 Å². The highest BCUT2D eigenvalue weighted by Crippen LogP contribution is 2.19. The molecule has 0 aliphatic carbocycles. The molecule has 14 heavy (non-hydrogen) atoms. The molecule has 0 saturated carbocycles. The topological polar surface area (TPSA) is 74.7 Å². The zero-order valence-corrected chi connectivity index (χ0v) is 9.48. The van der Waals surface area contributed by atoms with E-state index in [0.29, 0.717) is 11.4 Å². The summed E-state index contributed by atoms with van der Waals surface area (Å²) in [4.78, 5) is 5.95. The van der Waals surface area contributed by atoms with Crippen LogP contribution in [0.4, 0.5) is 5.82 Å². The zero-order valence-electron chi connectivity index (χ0n) is 7.90. The molecule has 1 aromatic heterocycles. The van der Waals surface area contributed by atoms with Crippen molar-refractivity contribution in [2.24, 2.45) is 10.9 Å². The van der Waals surface area contributed by atoms with Crippen LogP contribution in [0.5, 0.6) is 0 Å². The van der Waals surface area contributed by atoms with Crippen LogP contribution in [0.1, 0.15) is 5.56 Å². The van der Waals surface area contributed by atoms with Crippen LogP contribution in [-0.2, 0) is 0 Å². The Morgan fingerprint density at radius 1 is 1.64 bits per heavy atom. The first-order valence-corrected chi connectivity index (χ1v) is 4.66. The highest BCUT2D eigenvalue weighted by Gasteiger charge is 2.10. The second-order valence-corrected chi connectivity index (χ2v) is 3.82. The van der Waals surface area contributed by atoms with E-state index in [2.05, 4.69) is 26.1 Å². The number of hydrogen-bond acceptors (Lipinski definition) is 4. The molecule has 3 N–H and O–H groups in total. The van der Waals surface area contributed by atoms with Gasteiger partial charge in [-0.25, -0.2) is 4.98 Å². The van der Waals surface area contributed by atoms with Gasteiger partial charge in [-0.2, -0.15) is 0 Å². The SMILES string of the molecule is CN(C)c1ncc(Br)cc1/C(N)=N/O. The molecule has 0 aliphatic heterocycles. The lowest BCUT2D eigenvalue weighted by Gasteiger charge is -2.15. The molecule has 0 saturated heterocycles. The lowest BCUT2D eigenvalue weighted by atomic mass is 10.2. The van der Waals surface area contributed by atoms with Crippen LogP contribution >= 0.6 is 15.9 Å². The lowest BCUT2D eigenvalue weighted by molar-refractivity contribution is 0.318. The maximum Gasteiger partial charge on any atom is 0.173 e. The molecule has 0 radical (unpaired) electrons. The molecule has 1 rings (SSSR count). The summed E-state index contributed by atoms with van der Waals surface area (Å²) in [7, 11) is 3.68. The minimum Gasteiger partial charge on any atom is -0.409 e. The Bertz CT molecular complexity index is 364. The number of pyridine rings is 1.